The molecule has 1 aliphatic heterocycles. The number of aryl methyl sites for hydroxylation is 2. The van der Waals surface area contributed by atoms with Crippen molar-refractivity contribution in [1.29, 1.82) is 0 Å². The van der Waals surface area contributed by atoms with Gasteiger partial charge in [-0.15, -0.1) is 0 Å². The smallest absolute Gasteiger partial charge is 0.124 e. The molecule has 30 heavy (non-hydrogen) atoms. The van der Waals surface area contributed by atoms with E-state index in [1.165, 1.54) is 27.9 Å². The summed E-state index contributed by atoms with van der Waals surface area (Å²) in [4.78, 5) is 7.01. The van der Waals surface area contributed by atoms with Crippen LogP contribution in [-0.4, -0.2) is 11.3 Å². The molecule has 5 rings (SSSR count). The number of phenolic OH excluding ortho intramolecular Hbond substituents is 1. The Morgan fingerprint density at radius 3 is 2.20 bits per heavy atom. The lowest BCUT2D eigenvalue weighted by Crippen LogP contribution is -2.13. The van der Waals surface area contributed by atoms with Crippen LogP contribution in [0.15, 0.2) is 77.8 Å². The Morgan fingerprint density at radius 2 is 1.50 bits per heavy atom. The van der Waals surface area contributed by atoms with E-state index in [0.29, 0.717) is 0 Å². The van der Waals surface area contributed by atoms with Gasteiger partial charge in [0, 0.05) is 30.6 Å². The maximum absolute atomic E-state index is 10.3. The molecule has 0 atom stereocenters. The van der Waals surface area contributed by atoms with Crippen LogP contribution in [0.5, 0.6) is 5.75 Å². The number of nitrogens with zero attached hydrogens (tertiary/aromatic N) is 2. The SMILES string of the molecule is Cc1cc2c(cc1C)CN(c1ccc(N=Cc3c(O)ccc4ccccc34)cc1)C2. The summed E-state index contributed by atoms with van der Waals surface area (Å²) in [6, 6.07) is 24.6. The highest BCUT2D eigenvalue weighted by Crippen LogP contribution is 2.31. The van der Waals surface area contributed by atoms with E-state index in [1.54, 1.807) is 12.3 Å². The molecule has 0 spiro atoms. The van der Waals surface area contributed by atoms with Crippen LogP contribution in [0.2, 0.25) is 0 Å². The van der Waals surface area contributed by atoms with Crippen LogP contribution in [0.3, 0.4) is 0 Å². The third kappa shape index (κ3) is 3.33. The van der Waals surface area contributed by atoms with Crippen LogP contribution < -0.4 is 4.90 Å². The third-order valence-electron chi connectivity index (χ3n) is 6.04. The van der Waals surface area contributed by atoms with E-state index in [4.69, 9.17) is 0 Å². The Morgan fingerprint density at radius 1 is 0.833 bits per heavy atom. The average Bonchev–Trinajstić information content (AvgIpc) is 3.16. The monoisotopic (exact) mass is 392 g/mol. The van der Waals surface area contributed by atoms with Crippen LogP contribution in [-0.2, 0) is 13.1 Å². The van der Waals surface area contributed by atoms with E-state index in [-0.39, 0.29) is 5.75 Å². The van der Waals surface area contributed by atoms with Gasteiger partial charge < -0.3 is 10.0 Å². The first-order chi connectivity index (χ1) is 14.6. The quantitative estimate of drug-likeness (QED) is 0.408. The maximum atomic E-state index is 10.3. The molecule has 0 amide bonds. The van der Waals surface area contributed by atoms with Crippen LogP contribution in [0, 0.1) is 13.8 Å². The molecule has 4 aromatic rings. The topological polar surface area (TPSA) is 35.8 Å². The first-order valence-corrected chi connectivity index (χ1v) is 10.3. The van der Waals surface area contributed by atoms with E-state index >= 15 is 0 Å². The van der Waals surface area contributed by atoms with Gasteiger partial charge in [-0.2, -0.15) is 0 Å². The Bertz CT molecular complexity index is 1240. The zero-order valence-corrected chi connectivity index (χ0v) is 17.3. The highest BCUT2D eigenvalue weighted by atomic mass is 16.3. The highest BCUT2D eigenvalue weighted by Gasteiger charge is 2.19. The summed E-state index contributed by atoms with van der Waals surface area (Å²) in [7, 11) is 0. The van der Waals surface area contributed by atoms with Crippen molar-refractivity contribution in [2.45, 2.75) is 26.9 Å². The Labute approximate surface area is 176 Å². The molecule has 0 bridgehead atoms. The summed E-state index contributed by atoms with van der Waals surface area (Å²) >= 11 is 0. The normalized spacial score (nSPS) is 13.3. The Balaban J connectivity index is 1.37. The van der Waals surface area contributed by atoms with Crippen LogP contribution in [0.4, 0.5) is 11.4 Å². The van der Waals surface area contributed by atoms with Gasteiger partial charge in [0.25, 0.3) is 0 Å². The van der Waals surface area contributed by atoms with Crippen molar-refractivity contribution in [2.75, 3.05) is 4.90 Å². The third-order valence-corrected chi connectivity index (χ3v) is 6.04. The number of hydrogen-bond donors (Lipinski definition) is 1. The van der Waals surface area contributed by atoms with Gasteiger partial charge in [-0.3, -0.25) is 4.99 Å². The van der Waals surface area contributed by atoms with Gasteiger partial charge in [-0.05, 0) is 77.2 Å². The van der Waals surface area contributed by atoms with Gasteiger partial charge in [0.2, 0.25) is 0 Å². The fourth-order valence-corrected chi connectivity index (χ4v) is 4.19. The van der Waals surface area contributed by atoms with Crippen molar-refractivity contribution in [3.63, 3.8) is 0 Å². The molecule has 0 aliphatic carbocycles. The molecule has 0 saturated carbocycles. The Kier molecular flexibility index (Phi) is 4.51. The number of aromatic hydroxyl groups is 1. The van der Waals surface area contributed by atoms with Crippen molar-refractivity contribution in [1.82, 2.24) is 0 Å². The number of hydrogen-bond acceptors (Lipinski definition) is 3. The maximum Gasteiger partial charge on any atom is 0.124 e. The van der Waals surface area contributed by atoms with Crippen molar-refractivity contribution in [3.8, 4) is 5.75 Å². The zero-order chi connectivity index (χ0) is 20.7. The molecule has 0 unspecified atom stereocenters. The highest BCUT2D eigenvalue weighted by molar-refractivity contribution is 6.03. The van der Waals surface area contributed by atoms with Crippen LogP contribution in [0.25, 0.3) is 10.8 Å². The lowest BCUT2D eigenvalue weighted by atomic mass is 10.0. The van der Waals surface area contributed by atoms with Crippen molar-refractivity contribution in [3.05, 3.63) is 101 Å². The molecule has 0 aromatic heterocycles. The van der Waals surface area contributed by atoms with Gasteiger partial charge in [-0.25, -0.2) is 0 Å². The summed E-state index contributed by atoms with van der Waals surface area (Å²) < 4.78 is 0. The predicted octanol–water partition coefficient (Wildman–Crippen LogP) is 6.43. The molecule has 0 saturated heterocycles. The van der Waals surface area contributed by atoms with Crippen molar-refractivity contribution >= 4 is 28.4 Å². The molecule has 3 nitrogen and oxygen atoms in total. The summed E-state index contributed by atoms with van der Waals surface area (Å²) in [6.07, 6.45) is 1.75. The first kappa shape index (κ1) is 18.4. The van der Waals surface area contributed by atoms with Crippen LogP contribution in [0.1, 0.15) is 27.8 Å². The van der Waals surface area contributed by atoms with E-state index in [2.05, 4.69) is 48.0 Å². The van der Waals surface area contributed by atoms with Gasteiger partial charge in [0.1, 0.15) is 5.75 Å². The molecule has 1 aliphatic rings. The standard InChI is InChI=1S/C27H24N2O/c1-18-13-21-16-29(17-22(21)14-19(18)2)24-10-8-23(9-11-24)28-15-26-25-6-4-3-5-20(25)7-12-27(26)30/h3-15,30H,16-17H2,1-2H3. The minimum atomic E-state index is 0.245. The number of aliphatic imine (C=N–C) groups is 1. The van der Waals surface area contributed by atoms with E-state index < -0.39 is 0 Å². The number of fused-ring (bicyclic) bond motifs is 2. The molecule has 3 heteroatoms. The fourth-order valence-electron chi connectivity index (χ4n) is 4.19. The molecule has 1 heterocycles. The summed E-state index contributed by atoms with van der Waals surface area (Å²) in [5, 5.41) is 12.4. The molecule has 1 N–H and O–H groups in total. The summed E-state index contributed by atoms with van der Waals surface area (Å²) in [6.45, 7) is 6.25. The van der Waals surface area contributed by atoms with E-state index in [0.717, 1.165) is 35.1 Å². The summed E-state index contributed by atoms with van der Waals surface area (Å²) in [5.74, 6) is 0.245. The molecular weight excluding hydrogens is 368 g/mol. The number of phenols is 1. The lowest BCUT2D eigenvalue weighted by molar-refractivity contribution is 0.475. The first-order valence-electron chi connectivity index (χ1n) is 10.3. The van der Waals surface area contributed by atoms with E-state index in [9.17, 15) is 5.11 Å². The predicted molar refractivity (Wildman–Crippen MR) is 125 cm³/mol. The number of rotatable bonds is 3. The second-order valence-electron chi connectivity index (χ2n) is 8.06. The van der Waals surface area contributed by atoms with Crippen molar-refractivity contribution < 1.29 is 5.11 Å². The van der Waals surface area contributed by atoms with E-state index in [1.807, 2.05) is 42.5 Å². The number of benzene rings is 4. The Hall–Kier alpha value is -3.59. The molecule has 0 fully saturated rings. The molecular formula is C27H24N2O. The largest absolute Gasteiger partial charge is 0.507 e. The van der Waals surface area contributed by atoms with Gasteiger partial charge >= 0.3 is 0 Å². The van der Waals surface area contributed by atoms with Crippen molar-refractivity contribution in [2.24, 2.45) is 4.99 Å². The lowest BCUT2D eigenvalue weighted by Gasteiger charge is -2.17. The second-order valence-corrected chi connectivity index (χ2v) is 8.06. The minimum Gasteiger partial charge on any atom is -0.507 e. The van der Waals surface area contributed by atoms with Crippen LogP contribution >= 0.6 is 0 Å². The molecule has 148 valence electrons. The second kappa shape index (κ2) is 7.34. The van der Waals surface area contributed by atoms with Gasteiger partial charge in [0.15, 0.2) is 0 Å². The minimum absolute atomic E-state index is 0.245. The molecule has 4 aromatic carbocycles. The van der Waals surface area contributed by atoms with Gasteiger partial charge in [0.05, 0.1) is 5.69 Å². The average molecular weight is 393 g/mol. The fraction of sp³-hybridized carbons (Fsp3) is 0.148. The zero-order valence-electron chi connectivity index (χ0n) is 17.3. The molecule has 0 radical (unpaired) electrons. The van der Waals surface area contributed by atoms with Gasteiger partial charge in [-0.1, -0.05) is 42.5 Å². The summed E-state index contributed by atoms with van der Waals surface area (Å²) in [5.41, 5.74) is 8.38. The number of anilines is 1.